The average molecular weight is 360 g/mol. The summed E-state index contributed by atoms with van der Waals surface area (Å²) < 4.78 is 11.1. The second kappa shape index (κ2) is 7.45. The Morgan fingerprint density at radius 1 is 1.23 bits per heavy atom. The lowest BCUT2D eigenvalue weighted by molar-refractivity contribution is -0.136. The van der Waals surface area contributed by atoms with Crippen molar-refractivity contribution < 1.29 is 23.9 Å². The van der Waals surface area contributed by atoms with Crippen molar-refractivity contribution in [3.63, 3.8) is 0 Å². The normalized spacial score (nSPS) is 20.0. The predicted octanol–water partition coefficient (Wildman–Crippen LogP) is 1.50. The summed E-state index contributed by atoms with van der Waals surface area (Å²) in [5.41, 5.74) is 0.952. The van der Waals surface area contributed by atoms with Crippen LogP contribution in [0.2, 0.25) is 0 Å². The monoisotopic (exact) mass is 360 g/mol. The van der Waals surface area contributed by atoms with Gasteiger partial charge in [-0.1, -0.05) is 13.8 Å². The summed E-state index contributed by atoms with van der Waals surface area (Å²) in [5.74, 6) is -0.0158. The second-order valence-corrected chi connectivity index (χ2v) is 6.94. The SMILES string of the molecule is CC(=O)c1ccc2c(c1)N(CC(=O)N1CCOCC1)C(=O)C(C(C)C)O2. The summed E-state index contributed by atoms with van der Waals surface area (Å²) in [6, 6.07) is 5.00. The Kier molecular flexibility index (Phi) is 5.27. The van der Waals surface area contributed by atoms with Crippen molar-refractivity contribution in [1.82, 2.24) is 4.90 Å². The van der Waals surface area contributed by atoms with E-state index in [1.807, 2.05) is 13.8 Å². The minimum atomic E-state index is -0.650. The summed E-state index contributed by atoms with van der Waals surface area (Å²) in [6.45, 7) is 7.24. The van der Waals surface area contributed by atoms with Gasteiger partial charge in [-0.15, -0.1) is 0 Å². The fourth-order valence-electron chi connectivity index (χ4n) is 3.14. The van der Waals surface area contributed by atoms with Gasteiger partial charge in [-0.3, -0.25) is 19.3 Å². The average Bonchev–Trinajstić information content (AvgIpc) is 2.63. The van der Waals surface area contributed by atoms with Crippen molar-refractivity contribution in [3.05, 3.63) is 23.8 Å². The molecule has 7 heteroatoms. The highest BCUT2D eigenvalue weighted by Gasteiger charge is 2.38. The number of hydrogen-bond acceptors (Lipinski definition) is 5. The lowest BCUT2D eigenvalue weighted by atomic mass is 10.0. The van der Waals surface area contributed by atoms with E-state index in [2.05, 4.69) is 0 Å². The van der Waals surface area contributed by atoms with E-state index >= 15 is 0 Å². The maximum absolute atomic E-state index is 12.9. The number of rotatable bonds is 4. The number of fused-ring (bicyclic) bond motifs is 1. The van der Waals surface area contributed by atoms with Gasteiger partial charge in [0.05, 0.1) is 18.9 Å². The fraction of sp³-hybridized carbons (Fsp3) is 0.526. The molecule has 0 aliphatic carbocycles. The third-order valence-electron chi connectivity index (χ3n) is 4.68. The Morgan fingerprint density at radius 3 is 2.54 bits per heavy atom. The molecule has 2 heterocycles. The molecule has 0 spiro atoms. The van der Waals surface area contributed by atoms with E-state index in [1.165, 1.54) is 11.8 Å². The van der Waals surface area contributed by atoms with Gasteiger partial charge in [0.15, 0.2) is 11.9 Å². The molecule has 140 valence electrons. The molecule has 0 saturated carbocycles. The van der Waals surface area contributed by atoms with Gasteiger partial charge in [-0.2, -0.15) is 0 Å². The molecule has 2 aliphatic heterocycles. The fourth-order valence-corrected chi connectivity index (χ4v) is 3.14. The van der Waals surface area contributed by atoms with Crippen LogP contribution in [0.1, 0.15) is 31.1 Å². The van der Waals surface area contributed by atoms with Crippen LogP contribution in [0.5, 0.6) is 5.75 Å². The number of benzene rings is 1. The van der Waals surface area contributed by atoms with E-state index in [4.69, 9.17) is 9.47 Å². The number of ether oxygens (including phenoxy) is 2. The van der Waals surface area contributed by atoms with Crippen molar-refractivity contribution in [2.24, 2.45) is 5.92 Å². The molecule has 2 amide bonds. The van der Waals surface area contributed by atoms with Crippen LogP contribution in [0.15, 0.2) is 18.2 Å². The van der Waals surface area contributed by atoms with Gasteiger partial charge < -0.3 is 14.4 Å². The molecule has 0 bridgehead atoms. The van der Waals surface area contributed by atoms with Gasteiger partial charge >= 0.3 is 0 Å². The van der Waals surface area contributed by atoms with Crippen molar-refractivity contribution in [2.45, 2.75) is 26.9 Å². The molecule has 0 radical (unpaired) electrons. The highest BCUT2D eigenvalue weighted by molar-refractivity contribution is 6.05. The number of morpholine rings is 1. The minimum Gasteiger partial charge on any atom is -0.478 e. The smallest absolute Gasteiger partial charge is 0.268 e. The lowest BCUT2D eigenvalue weighted by Crippen LogP contribution is -2.53. The lowest BCUT2D eigenvalue weighted by Gasteiger charge is -2.37. The number of Topliss-reactive ketones (excluding diaryl/α,β-unsaturated/α-hetero) is 1. The molecule has 0 aromatic heterocycles. The molecule has 3 rings (SSSR count). The Hall–Kier alpha value is -2.41. The van der Waals surface area contributed by atoms with Gasteiger partial charge in [0.25, 0.3) is 5.91 Å². The quantitative estimate of drug-likeness (QED) is 0.761. The molecule has 7 nitrogen and oxygen atoms in total. The first kappa shape index (κ1) is 18.4. The number of amides is 2. The summed E-state index contributed by atoms with van der Waals surface area (Å²) in [4.78, 5) is 40.5. The van der Waals surface area contributed by atoms with Gasteiger partial charge in [0.2, 0.25) is 5.91 Å². The molecule has 1 unspecified atom stereocenters. The van der Waals surface area contributed by atoms with E-state index in [0.29, 0.717) is 43.3 Å². The second-order valence-electron chi connectivity index (χ2n) is 6.94. The zero-order valence-electron chi connectivity index (χ0n) is 15.4. The Labute approximate surface area is 152 Å². The molecule has 1 atom stereocenters. The van der Waals surface area contributed by atoms with Crippen LogP contribution in [-0.2, 0) is 14.3 Å². The maximum atomic E-state index is 12.9. The van der Waals surface area contributed by atoms with E-state index < -0.39 is 6.10 Å². The van der Waals surface area contributed by atoms with Crippen molar-refractivity contribution >= 4 is 23.3 Å². The zero-order valence-corrected chi connectivity index (χ0v) is 15.4. The highest BCUT2D eigenvalue weighted by Crippen LogP contribution is 2.36. The third-order valence-corrected chi connectivity index (χ3v) is 4.68. The number of nitrogens with zero attached hydrogens (tertiary/aromatic N) is 2. The van der Waals surface area contributed by atoms with Gasteiger partial charge in [-0.05, 0) is 31.0 Å². The largest absolute Gasteiger partial charge is 0.478 e. The number of carbonyl (C=O) groups excluding carboxylic acids is 3. The topological polar surface area (TPSA) is 76.2 Å². The third kappa shape index (κ3) is 3.58. The number of carbonyl (C=O) groups is 3. The van der Waals surface area contributed by atoms with Crippen LogP contribution in [0.25, 0.3) is 0 Å². The molecule has 0 N–H and O–H groups in total. The molecule has 1 saturated heterocycles. The summed E-state index contributed by atoms with van der Waals surface area (Å²) in [6.07, 6.45) is -0.650. The maximum Gasteiger partial charge on any atom is 0.268 e. The van der Waals surface area contributed by atoms with Crippen molar-refractivity contribution in [1.29, 1.82) is 0 Å². The van der Waals surface area contributed by atoms with Crippen molar-refractivity contribution in [2.75, 3.05) is 37.7 Å². The molecular formula is C19H24N2O5. The van der Waals surface area contributed by atoms with E-state index in [1.54, 1.807) is 23.1 Å². The standard InChI is InChI=1S/C19H24N2O5/c1-12(2)18-19(24)21(11-17(23)20-6-8-25-9-7-20)15-10-14(13(3)22)4-5-16(15)26-18/h4-5,10,12,18H,6-9,11H2,1-3H3. The Morgan fingerprint density at radius 2 is 1.92 bits per heavy atom. The first-order chi connectivity index (χ1) is 12.4. The molecule has 2 aliphatic rings. The predicted molar refractivity (Wildman–Crippen MR) is 95.5 cm³/mol. The summed E-state index contributed by atoms with van der Waals surface area (Å²) >= 11 is 0. The van der Waals surface area contributed by atoms with Crippen LogP contribution in [-0.4, -0.2) is 61.4 Å². The highest BCUT2D eigenvalue weighted by atomic mass is 16.5. The van der Waals surface area contributed by atoms with E-state index in [-0.39, 0.29) is 30.1 Å². The first-order valence-corrected chi connectivity index (χ1v) is 8.87. The molecule has 1 aromatic rings. The first-order valence-electron chi connectivity index (χ1n) is 8.87. The van der Waals surface area contributed by atoms with Crippen LogP contribution < -0.4 is 9.64 Å². The van der Waals surface area contributed by atoms with Gasteiger partial charge in [-0.25, -0.2) is 0 Å². The Balaban J connectivity index is 1.92. The Bertz CT molecular complexity index is 725. The van der Waals surface area contributed by atoms with E-state index in [0.717, 1.165) is 0 Å². The van der Waals surface area contributed by atoms with Crippen LogP contribution >= 0.6 is 0 Å². The van der Waals surface area contributed by atoms with Crippen LogP contribution in [0.3, 0.4) is 0 Å². The number of anilines is 1. The summed E-state index contributed by atoms with van der Waals surface area (Å²) in [7, 11) is 0. The molecule has 1 aromatic carbocycles. The molecule has 26 heavy (non-hydrogen) atoms. The van der Waals surface area contributed by atoms with Crippen LogP contribution in [0, 0.1) is 5.92 Å². The molecule has 1 fully saturated rings. The van der Waals surface area contributed by atoms with Crippen molar-refractivity contribution in [3.8, 4) is 5.75 Å². The zero-order chi connectivity index (χ0) is 18.8. The number of hydrogen-bond donors (Lipinski definition) is 0. The summed E-state index contributed by atoms with van der Waals surface area (Å²) in [5, 5.41) is 0. The van der Waals surface area contributed by atoms with Crippen LogP contribution in [0.4, 0.5) is 5.69 Å². The number of ketones is 1. The molecular weight excluding hydrogens is 336 g/mol. The van der Waals surface area contributed by atoms with Gasteiger partial charge in [0, 0.05) is 18.7 Å². The van der Waals surface area contributed by atoms with Gasteiger partial charge in [0.1, 0.15) is 12.3 Å². The minimum absolute atomic E-state index is 0.0378. The van der Waals surface area contributed by atoms with E-state index in [9.17, 15) is 14.4 Å².